The van der Waals surface area contributed by atoms with E-state index in [1.165, 1.54) is 0 Å². The molecule has 0 unspecified atom stereocenters. The Morgan fingerprint density at radius 1 is 1.27 bits per heavy atom. The standard InChI is InChI=1S/C18H23N3O/c1-13-6-5-7-14(8-13)9-16(22)20-11-15-10-19-12-21-17(15)18(2,3)4/h5-8,10,12H,9,11H2,1-4H3,(H,20,22). The van der Waals surface area contributed by atoms with Crippen LogP contribution in [0.1, 0.15) is 43.2 Å². The van der Waals surface area contributed by atoms with Crippen molar-refractivity contribution in [3.05, 3.63) is 59.2 Å². The average Bonchev–Trinajstić information content (AvgIpc) is 2.44. The quantitative estimate of drug-likeness (QED) is 0.944. The third kappa shape index (κ3) is 4.38. The topological polar surface area (TPSA) is 54.9 Å². The summed E-state index contributed by atoms with van der Waals surface area (Å²) >= 11 is 0. The third-order valence-electron chi connectivity index (χ3n) is 3.42. The number of amides is 1. The Balaban J connectivity index is 2.00. The maximum absolute atomic E-state index is 12.1. The molecule has 22 heavy (non-hydrogen) atoms. The number of carbonyl (C=O) groups excluding carboxylic acids is 1. The maximum atomic E-state index is 12.1. The molecule has 1 aromatic carbocycles. The Morgan fingerprint density at radius 2 is 2.05 bits per heavy atom. The predicted molar refractivity (Wildman–Crippen MR) is 87.5 cm³/mol. The molecule has 0 atom stereocenters. The van der Waals surface area contributed by atoms with Crippen molar-refractivity contribution < 1.29 is 4.79 Å². The molecule has 1 amide bonds. The largest absolute Gasteiger partial charge is 0.352 e. The molecule has 0 fully saturated rings. The van der Waals surface area contributed by atoms with Gasteiger partial charge < -0.3 is 5.32 Å². The van der Waals surface area contributed by atoms with E-state index in [0.29, 0.717) is 13.0 Å². The lowest BCUT2D eigenvalue weighted by atomic mass is 9.89. The lowest BCUT2D eigenvalue weighted by molar-refractivity contribution is -0.120. The molecule has 4 nitrogen and oxygen atoms in total. The minimum Gasteiger partial charge on any atom is -0.352 e. The van der Waals surface area contributed by atoms with Gasteiger partial charge in [0.15, 0.2) is 0 Å². The second kappa shape index (κ2) is 6.69. The minimum absolute atomic E-state index is 0.00862. The summed E-state index contributed by atoms with van der Waals surface area (Å²) in [4.78, 5) is 20.5. The molecule has 4 heteroatoms. The second-order valence-corrected chi connectivity index (χ2v) is 6.59. The fourth-order valence-electron chi connectivity index (χ4n) is 2.43. The van der Waals surface area contributed by atoms with E-state index in [-0.39, 0.29) is 11.3 Å². The van der Waals surface area contributed by atoms with Crippen LogP contribution in [0.2, 0.25) is 0 Å². The zero-order valence-corrected chi connectivity index (χ0v) is 13.7. The molecule has 0 aliphatic heterocycles. The van der Waals surface area contributed by atoms with Crippen LogP contribution in [0.15, 0.2) is 36.8 Å². The van der Waals surface area contributed by atoms with Crippen molar-refractivity contribution in [1.29, 1.82) is 0 Å². The van der Waals surface area contributed by atoms with Gasteiger partial charge in [-0.25, -0.2) is 9.97 Å². The Kier molecular flexibility index (Phi) is 4.91. The van der Waals surface area contributed by atoms with Crippen molar-refractivity contribution in [3.63, 3.8) is 0 Å². The number of hydrogen-bond acceptors (Lipinski definition) is 3. The van der Waals surface area contributed by atoms with E-state index in [2.05, 4.69) is 36.1 Å². The fraction of sp³-hybridized carbons (Fsp3) is 0.389. The first kappa shape index (κ1) is 16.1. The Morgan fingerprint density at radius 3 is 2.73 bits per heavy atom. The molecule has 0 spiro atoms. The summed E-state index contributed by atoms with van der Waals surface area (Å²) in [5.41, 5.74) is 4.06. The number of nitrogens with one attached hydrogen (secondary N) is 1. The van der Waals surface area contributed by atoms with Gasteiger partial charge >= 0.3 is 0 Å². The first-order valence-corrected chi connectivity index (χ1v) is 7.48. The molecule has 0 aliphatic rings. The summed E-state index contributed by atoms with van der Waals surface area (Å²) in [6.45, 7) is 8.80. The highest BCUT2D eigenvalue weighted by Crippen LogP contribution is 2.22. The molecule has 1 heterocycles. The number of benzene rings is 1. The van der Waals surface area contributed by atoms with Gasteiger partial charge in [0.1, 0.15) is 6.33 Å². The van der Waals surface area contributed by atoms with Gasteiger partial charge in [-0.15, -0.1) is 0 Å². The first-order chi connectivity index (χ1) is 10.4. The third-order valence-corrected chi connectivity index (χ3v) is 3.42. The van der Waals surface area contributed by atoms with Gasteiger partial charge in [-0.2, -0.15) is 0 Å². The molecule has 1 N–H and O–H groups in total. The molecule has 2 rings (SSSR count). The van der Waals surface area contributed by atoms with Crippen LogP contribution in [0.3, 0.4) is 0 Å². The number of nitrogens with zero attached hydrogens (tertiary/aromatic N) is 2. The Bertz CT molecular complexity index is 659. The van der Waals surface area contributed by atoms with Crippen LogP contribution in [-0.2, 0) is 23.2 Å². The molecule has 0 bridgehead atoms. The van der Waals surface area contributed by atoms with Gasteiger partial charge in [-0.05, 0) is 12.5 Å². The van der Waals surface area contributed by atoms with Gasteiger partial charge in [0.05, 0.1) is 12.1 Å². The second-order valence-electron chi connectivity index (χ2n) is 6.59. The highest BCUT2D eigenvalue weighted by atomic mass is 16.1. The number of hydrogen-bond donors (Lipinski definition) is 1. The summed E-state index contributed by atoms with van der Waals surface area (Å²) in [6.07, 6.45) is 3.72. The monoisotopic (exact) mass is 297 g/mol. The van der Waals surface area contributed by atoms with Crippen molar-refractivity contribution in [1.82, 2.24) is 15.3 Å². The smallest absolute Gasteiger partial charge is 0.224 e. The van der Waals surface area contributed by atoms with Crippen LogP contribution in [0.5, 0.6) is 0 Å². The van der Waals surface area contributed by atoms with Crippen LogP contribution in [-0.4, -0.2) is 15.9 Å². The molecule has 0 saturated carbocycles. The molecule has 0 saturated heterocycles. The van der Waals surface area contributed by atoms with Crippen LogP contribution in [0.25, 0.3) is 0 Å². The summed E-state index contributed by atoms with van der Waals surface area (Å²) in [5.74, 6) is 0.00862. The molecule has 0 aliphatic carbocycles. The van der Waals surface area contributed by atoms with E-state index < -0.39 is 0 Å². The van der Waals surface area contributed by atoms with E-state index >= 15 is 0 Å². The van der Waals surface area contributed by atoms with E-state index in [1.54, 1.807) is 12.5 Å². The minimum atomic E-state index is -0.0699. The van der Waals surface area contributed by atoms with E-state index in [1.807, 2.05) is 31.2 Å². The van der Waals surface area contributed by atoms with Crippen LogP contribution in [0.4, 0.5) is 0 Å². The van der Waals surface area contributed by atoms with Crippen molar-refractivity contribution in [2.24, 2.45) is 0 Å². The lowest BCUT2D eigenvalue weighted by Gasteiger charge is -2.21. The van der Waals surface area contributed by atoms with E-state index in [0.717, 1.165) is 22.4 Å². The SMILES string of the molecule is Cc1cccc(CC(=O)NCc2cncnc2C(C)(C)C)c1. The Hall–Kier alpha value is -2.23. The average molecular weight is 297 g/mol. The first-order valence-electron chi connectivity index (χ1n) is 7.48. The lowest BCUT2D eigenvalue weighted by Crippen LogP contribution is -2.27. The molecular formula is C18H23N3O. The highest BCUT2D eigenvalue weighted by Gasteiger charge is 2.19. The van der Waals surface area contributed by atoms with E-state index in [9.17, 15) is 4.79 Å². The van der Waals surface area contributed by atoms with Gasteiger partial charge in [0.2, 0.25) is 5.91 Å². The highest BCUT2D eigenvalue weighted by molar-refractivity contribution is 5.78. The van der Waals surface area contributed by atoms with Crippen LogP contribution < -0.4 is 5.32 Å². The van der Waals surface area contributed by atoms with Gasteiger partial charge in [-0.3, -0.25) is 4.79 Å². The fourth-order valence-corrected chi connectivity index (χ4v) is 2.43. The molecule has 1 aromatic heterocycles. The molecule has 2 aromatic rings. The zero-order valence-electron chi connectivity index (χ0n) is 13.7. The van der Waals surface area contributed by atoms with Crippen molar-refractivity contribution in [3.8, 4) is 0 Å². The van der Waals surface area contributed by atoms with Gasteiger partial charge in [0.25, 0.3) is 0 Å². The van der Waals surface area contributed by atoms with Crippen LogP contribution in [0, 0.1) is 6.92 Å². The number of rotatable bonds is 4. The summed E-state index contributed by atoms with van der Waals surface area (Å²) < 4.78 is 0. The maximum Gasteiger partial charge on any atom is 0.224 e. The van der Waals surface area contributed by atoms with Crippen molar-refractivity contribution >= 4 is 5.91 Å². The normalized spacial score (nSPS) is 11.3. The molecule has 116 valence electrons. The molecular weight excluding hydrogens is 274 g/mol. The summed E-state index contributed by atoms with van der Waals surface area (Å²) in [7, 11) is 0. The van der Waals surface area contributed by atoms with Crippen molar-refractivity contribution in [2.45, 2.75) is 46.1 Å². The number of aryl methyl sites for hydroxylation is 1. The number of carbonyl (C=O) groups is 1. The predicted octanol–water partition coefficient (Wildman–Crippen LogP) is 2.94. The summed E-state index contributed by atoms with van der Waals surface area (Å²) in [6, 6.07) is 8.00. The van der Waals surface area contributed by atoms with Crippen molar-refractivity contribution in [2.75, 3.05) is 0 Å². The Labute approximate surface area is 132 Å². The molecule has 0 radical (unpaired) electrons. The van der Waals surface area contributed by atoms with Crippen LogP contribution >= 0.6 is 0 Å². The van der Waals surface area contributed by atoms with Gasteiger partial charge in [0, 0.05) is 23.7 Å². The van der Waals surface area contributed by atoms with E-state index in [4.69, 9.17) is 0 Å². The zero-order chi connectivity index (χ0) is 16.2. The van der Waals surface area contributed by atoms with Gasteiger partial charge in [-0.1, -0.05) is 50.6 Å². The number of aromatic nitrogens is 2. The summed E-state index contributed by atoms with van der Waals surface area (Å²) in [5, 5.41) is 2.96.